The maximum absolute atomic E-state index is 12.5. The molecule has 0 fully saturated rings. The van der Waals surface area contributed by atoms with Gasteiger partial charge in [0.25, 0.3) is 5.91 Å². The summed E-state index contributed by atoms with van der Waals surface area (Å²) in [7, 11) is 2.71. The van der Waals surface area contributed by atoms with Crippen LogP contribution in [0.1, 0.15) is 31.0 Å². The van der Waals surface area contributed by atoms with E-state index in [0.29, 0.717) is 21.3 Å². The van der Waals surface area contributed by atoms with Crippen LogP contribution < -0.4 is 30.3 Å². The number of hydrogen-bond acceptors (Lipinski definition) is 10. The first-order valence-electron chi connectivity index (χ1n) is 11.7. The number of esters is 1. The quantitative estimate of drug-likeness (QED) is 0.147. The number of hydrazone groups is 1. The van der Waals surface area contributed by atoms with Crippen LogP contribution in [-0.2, 0) is 14.3 Å². The van der Waals surface area contributed by atoms with E-state index in [2.05, 4.69) is 37.1 Å². The number of nitrogens with one attached hydrogen (secondary N) is 3. The summed E-state index contributed by atoms with van der Waals surface area (Å²) in [5.74, 6) is -0.661. The molecule has 2 aromatic rings. The van der Waals surface area contributed by atoms with Gasteiger partial charge in [-0.1, -0.05) is 6.07 Å². The standard InChI is InChI=1S/C25H26BrN5O9/c1-5-39-24(33)21-13(2)28-25(34)29-22(21)15-6-7-18(19(10-15)37-3)40-12-20(32)30-27-11-14-8-16(26)23(38-4)17(9-14)31(35)36/h6-11,22H,5,12H2,1-4H3,(H,30,32)(H2,28,29,34)/b27-11-/t22-/m0/s1. The molecule has 0 aromatic heterocycles. The molecule has 0 saturated heterocycles. The first-order valence-corrected chi connectivity index (χ1v) is 12.5. The molecule has 1 aliphatic rings. The van der Waals surface area contributed by atoms with Gasteiger partial charge in [-0.05, 0) is 53.5 Å². The van der Waals surface area contributed by atoms with E-state index in [4.69, 9.17) is 18.9 Å². The zero-order chi connectivity index (χ0) is 29.4. The van der Waals surface area contributed by atoms with Crippen LogP contribution in [0, 0.1) is 10.1 Å². The first kappa shape index (κ1) is 29.9. The molecule has 1 atom stereocenters. The van der Waals surface area contributed by atoms with E-state index < -0.39 is 35.5 Å². The number of rotatable bonds is 11. The highest BCUT2D eigenvalue weighted by atomic mass is 79.9. The lowest BCUT2D eigenvalue weighted by molar-refractivity contribution is -0.385. The second kappa shape index (κ2) is 13.4. The molecule has 1 heterocycles. The second-order valence-electron chi connectivity index (χ2n) is 8.09. The Morgan fingerprint density at radius 2 is 1.95 bits per heavy atom. The van der Waals surface area contributed by atoms with Crippen LogP contribution in [0.15, 0.2) is 51.2 Å². The number of benzene rings is 2. The fourth-order valence-electron chi connectivity index (χ4n) is 3.77. The summed E-state index contributed by atoms with van der Waals surface area (Å²) in [6.45, 7) is 3.01. The van der Waals surface area contributed by atoms with Gasteiger partial charge in [-0.2, -0.15) is 5.10 Å². The van der Waals surface area contributed by atoms with Crippen molar-refractivity contribution in [2.24, 2.45) is 5.10 Å². The van der Waals surface area contributed by atoms with Crippen molar-refractivity contribution in [2.45, 2.75) is 19.9 Å². The number of nitrogens with zero attached hydrogens (tertiary/aromatic N) is 2. The highest BCUT2D eigenvalue weighted by molar-refractivity contribution is 9.10. The highest BCUT2D eigenvalue weighted by Gasteiger charge is 2.32. The summed E-state index contributed by atoms with van der Waals surface area (Å²) in [6, 6.07) is 6.22. The van der Waals surface area contributed by atoms with Gasteiger partial charge >= 0.3 is 17.7 Å². The van der Waals surface area contributed by atoms with Crippen molar-refractivity contribution >= 4 is 45.7 Å². The topological polar surface area (TPSA) is 180 Å². The van der Waals surface area contributed by atoms with E-state index in [1.54, 1.807) is 32.0 Å². The molecule has 0 bridgehead atoms. The average Bonchev–Trinajstić information content (AvgIpc) is 2.91. The minimum Gasteiger partial charge on any atom is -0.493 e. The Hall–Kier alpha value is -4.66. The summed E-state index contributed by atoms with van der Waals surface area (Å²) < 4.78 is 21.5. The lowest BCUT2D eigenvalue weighted by Gasteiger charge is -2.28. The summed E-state index contributed by atoms with van der Waals surface area (Å²) >= 11 is 3.21. The number of carbonyl (C=O) groups excluding carboxylic acids is 3. The number of carbonyl (C=O) groups is 3. The number of halogens is 1. The van der Waals surface area contributed by atoms with Gasteiger partial charge in [0.2, 0.25) is 5.75 Å². The van der Waals surface area contributed by atoms with Crippen molar-refractivity contribution < 1.29 is 38.3 Å². The fourth-order valence-corrected chi connectivity index (χ4v) is 4.40. The van der Waals surface area contributed by atoms with Crippen LogP contribution in [0.2, 0.25) is 0 Å². The minimum atomic E-state index is -0.804. The third-order valence-electron chi connectivity index (χ3n) is 5.49. The summed E-state index contributed by atoms with van der Waals surface area (Å²) in [5.41, 5.74) is 3.47. The van der Waals surface area contributed by atoms with Crippen LogP contribution in [0.25, 0.3) is 0 Å². The smallest absolute Gasteiger partial charge is 0.338 e. The molecular weight excluding hydrogens is 594 g/mol. The van der Waals surface area contributed by atoms with Crippen LogP contribution in [0.3, 0.4) is 0 Å². The molecule has 0 spiro atoms. The van der Waals surface area contributed by atoms with Crippen LogP contribution in [0.4, 0.5) is 10.5 Å². The van der Waals surface area contributed by atoms with Gasteiger partial charge in [0.15, 0.2) is 18.1 Å². The molecule has 14 nitrogen and oxygen atoms in total. The normalized spacial score (nSPS) is 14.7. The predicted molar refractivity (Wildman–Crippen MR) is 145 cm³/mol. The van der Waals surface area contributed by atoms with Crippen LogP contribution in [0.5, 0.6) is 17.2 Å². The molecule has 0 saturated carbocycles. The van der Waals surface area contributed by atoms with Crippen molar-refractivity contribution in [1.82, 2.24) is 16.1 Å². The molecule has 0 unspecified atom stereocenters. The Kier molecular flexibility index (Phi) is 10.0. The number of nitro benzene ring substituents is 1. The van der Waals surface area contributed by atoms with Crippen LogP contribution >= 0.6 is 15.9 Å². The van der Waals surface area contributed by atoms with Crippen molar-refractivity contribution in [3.63, 3.8) is 0 Å². The van der Waals surface area contributed by atoms with Crippen molar-refractivity contribution in [3.8, 4) is 17.2 Å². The van der Waals surface area contributed by atoms with Gasteiger partial charge in [0.05, 0.1) is 48.1 Å². The van der Waals surface area contributed by atoms with E-state index >= 15 is 0 Å². The SMILES string of the molecule is CCOC(=O)C1=C(C)NC(=O)N[C@H]1c1ccc(OCC(=O)N/N=C\c2cc(Br)c(OC)c([N+](=O)[O-])c2)c(OC)c1. The lowest BCUT2D eigenvalue weighted by Crippen LogP contribution is -2.45. The lowest BCUT2D eigenvalue weighted by atomic mass is 9.95. The number of hydrogen-bond donors (Lipinski definition) is 3. The number of allylic oxidation sites excluding steroid dienone is 1. The maximum atomic E-state index is 12.5. The third kappa shape index (κ3) is 7.05. The van der Waals surface area contributed by atoms with Gasteiger partial charge < -0.3 is 29.6 Å². The molecular formula is C25H26BrN5O9. The minimum absolute atomic E-state index is 0.0605. The van der Waals surface area contributed by atoms with E-state index in [-0.39, 0.29) is 35.1 Å². The Labute approximate surface area is 237 Å². The Balaban J connectivity index is 1.69. The summed E-state index contributed by atoms with van der Waals surface area (Å²) in [5, 5.41) is 20.3. The van der Waals surface area contributed by atoms with Crippen molar-refractivity contribution in [2.75, 3.05) is 27.4 Å². The van der Waals surface area contributed by atoms with Gasteiger partial charge in [-0.15, -0.1) is 0 Å². The van der Waals surface area contributed by atoms with Gasteiger partial charge in [-0.25, -0.2) is 15.0 Å². The Bertz CT molecular complexity index is 1390. The highest BCUT2D eigenvalue weighted by Crippen LogP contribution is 2.36. The summed E-state index contributed by atoms with van der Waals surface area (Å²) in [4.78, 5) is 47.6. The molecule has 212 valence electrons. The maximum Gasteiger partial charge on any atom is 0.338 e. The van der Waals surface area contributed by atoms with E-state index in [1.807, 2.05) is 0 Å². The molecule has 2 aromatic carbocycles. The second-order valence-corrected chi connectivity index (χ2v) is 8.95. The van der Waals surface area contributed by atoms with Crippen molar-refractivity contribution in [1.29, 1.82) is 0 Å². The zero-order valence-electron chi connectivity index (χ0n) is 21.9. The molecule has 3 rings (SSSR count). The molecule has 15 heteroatoms. The van der Waals surface area contributed by atoms with E-state index in [0.717, 1.165) is 0 Å². The molecule has 1 aliphatic heterocycles. The first-order chi connectivity index (χ1) is 19.1. The Morgan fingerprint density at radius 3 is 2.60 bits per heavy atom. The average molecular weight is 620 g/mol. The summed E-state index contributed by atoms with van der Waals surface area (Å²) in [6.07, 6.45) is 1.23. The third-order valence-corrected chi connectivity index (χ3v) is 6.08. The van der Waals surface area contributed by atoms with E-state index in [9.17, 15) is 24.5 Å². The molecule has 40 heavy (non-hydrogen) atoms. The number of urea groups is 1. The predicted octanol–water partition coefficient (Wildman–Crippen LogP) is 3.09. The number of ether oxygens (including phenoxy) is 4. The molecule has 3 amide bonds. The van der Waals surface area contributed by atoms with Gasteiger partial charge in [-0.3, -0.25) is 14.9 Å². The van der Waals surface area contributed by atoms with Crippen molar-refractivity contribution in [3.05, 3.63) is 67.3 Å². The zero-order valence-corrected chi connectivity index (χ0v) is 23.5. The molecule has 0 radical (unpaired) electrons. The van der Waals surface area contributed by atoms with E-state index in [1.165, 1.54) is 32.6 Å². The largest absolute Gasteiger partial charge is 0.493 e. The van der Waals surface area contributed by atoms with Gasteiger partial charge in [0, 0.05) is 17.3 Å². The number of amides is 3. The number of nitro groups is 1. The van der Waals surface area contributed by atoms with Gasteiger partial charge in [0.1, 0.15) is 0 Å². The monoisotopic (exact) mass is 619 g/mol. The van der Waals surface area contributed by atoms with Crippen LogP contribution in [-0.4, -0.2) is 56.5 Å². The molecule has 0 aliphatic carbocycles. The fraction of sp³-hybridized carbons (Fsp3) is 0.280. The Morgan fingerprint density at radius 1 is 1.20 bits per heavy atom. The number of methoxy groups -OCH3 is 2. The molecule has 3 N–H and O–H groups in total.